The second kappa shape index (κ2) is 6.21. The van der Waals surface area contributed by atoms with Crippen molar-refractivity contribution in [2.75, 3.05) is 24.6 Å². The first-order valence-corrected chi connectivity index (χ1v) is 5.43. The summed E-state index contributed by atoms with van der Waals surface area (Å²) in [4.78, 5) is 4.61. The molecule has 0 fully saturated rings. The van der Waals surface area contributed by atoms with Gasteiger partial charge in [-0.25, -0.2) is 4.98 Å². The lowest BCUT2D eigenvalue weighted by atomic mass is 10.3. The van der Waals surface area contributed by atoms with Gasteiger partial charge in [-0.3, -0.25) is 0 Å². The Morgan fingerprint density at radius 2 is 2.00 bits per heavy atom. The maximum absolute atomic E-state index is 12.4. The molecule has 0 amide bonds. The van der Waals surface area contributed by atoms with Gasteiger partial charge in [0.1, 0.15) is 12.4 Å². The zero-order chi connectivity index (χ0) is 13.8. The summed E-state index contributed by atoms with van der Waals surface area (Å²) in [6.45, 7) is -2.23. The number of aliphatic hydroxyl groups excluding tert-OH is 2. The van der Waals surface area contributed by atoms with E-state index in [0.29, 0.717) is 5.56 Å². The molecule has 8 heteroatoms. The van der Waals surface area contributed by atoms with Crippen molar-refractivity contribution in [1.29, 1.82) is 0 Å². The molecule has 1 aromatic heterocycles. The van der Waals surface area contributed by atoms with E-state index in [1.165, 1.54) is 12.3 Å². The molecule has 0 atom stereocenters. The van der Waals surface area contributed by atoms with Crippen LogP contribution in [0.2, 0.25) is 5.02 Å². The summed E-state index contributed by atoms with van der Waals surface area (Å²) in [6, 6.07) is 1.34. The van der Waals surface area contributed by atoms with Crippen molar-refractivity contribution < 1.29 is 23.4 Å². The summed E-state index contributed by atoms with van der Waals surface area (Å²) in [5, 5.41) is 17.6. The third kappa shape index (κ3) is 4.32. The van der Waals surface area contributed by atoms with Gasteiger partial charge in [0.05, 0.1) is 18.2 Å². The van der Waals surface area contributed by atoms with E-state index in [4.69, 9.17) is 21.8 Å². The van der Waals surface area contributed by atoms with Crippen LogP contribution in [-0.2, 0) is 6.61 Å². The molecule has 0 aliphatic carbocycles. The first-order valence-electron chi connectivity index (χ1n) is 5.05. The van der Waals surface area contributed by atoms with Gasteiger partial charge in [0.15, 0.2) is 0 Å². The van der Waals surface area contributed by atoms with Crippen molar-refractivity contribution in [1.82, 2.24) is 4.98 Å². The third-order valence-electron chi connectivity index (χ3n) is 2.10. The maximum atomic E-state index is 12.4. The average Bonchev–Trinajstić information content (AvgIpc) is 2.26. The van der Waals surface area contributed by atoms with Gasteiger partial charge in [-0.1, -0.05) is 11.6 Å². The summed E-state index contributed by atoms with van der Waals surface area (Å²) in [6.07, 6.45) is -3.18. The molecular formula is C10H12ClF3N2O2. The maximum Gasteiger partial charge on any atom is 0.405 e. The number of hydrogen-bond acceptors (Lipinski definition) is 4. The van der Waals surface area contributed by atoms with Gasteiger partial charge in [-0.2, -0.15) is 13.2 Å². The quantitative estimate of drug-likeness (QED) is 0.862. The predicted octanol–water partition coefficient (Wildman–Crippen LogP) is 1.59. The van der Waals surface area contributed by atoms with Gasteiger partial charge >= 0.3 is 6.18 Å². The highest BCUT2D eigenvalue weighted by Crippen LogP contribution is 2.27. The first kappa shape index (κ1) is 15.0. The molecule has 1 heterocycles. The topological polar surface area (TPSA) is 56.6 Å². The number of anilines is 1. The van der Waals surface area contributed by atoms with E-state index in [2.05, 4.69) is 4.98 Å². The van der Waals surface area contributed by atoms with Crippen LogP contribution in [0.4, 0.5) is 19.0 Å². The average molecular weight is 285 g/mol. The second-order valence-corrected chi connectivity index (χ2v) is 3.97. The largest absolute Gasteiger partial charge is 0.405 e. The zero-order valence-corrected chi connectivity index (χ0v) is 10.0. The molecule has 18 heavy (non-hydrogen) atoms. The lowest BCUT2D eigenvalue weighted by Crippen LogP contribution is -2.37. The van der Waals surface area contributed by atoms with E-state index in [1.807, 2.05) is 0 Å². The number of rotatable bonds is 5. The molecule has 0 bridgehead atoms. The van der Waals surface area contributed by atoms with E-state index in [0.717, 1.165) is 4.90 Å². The number of aromatic nitrogens is 1. The molecule has 2 N–H and O–H groups in total. The SMILES string of the molecule is OCCN(CC(F)(F)F)c1ncc(CO)cc1Cl. The van der Waals surface area contributed by atoms with Crippen LogP contribution in [0, 0.1) is 0 Å². The Kier molecular flexibility index (Phi) is 5.18. The summed E-state index contributed by atoms with van der Waals surface area (Å²) in [7, 11) is 0. The van der Waals surface area contributed by atoms with Crippen LogP contribution in [0.3, 0.4) is 0 Å². The second-order valence-electron chi connectivity index (χ2n) is 3.57. The fourth-order valence-electron chi connectivity index (χ4n) is 1.39. The normalized spacial score (nSPS) is 11.7. The molecule has 0 saturated carbocycles. The Balaban J connectivity index is 2.98. The van der Waals surface area contributed by atoms with Gasteiger partial charge < -0.3 is 15.1 Å². The minimum atomic E-state index is -4.42. The lowest BCUT2D eigenvalue weighted by molar-refractivity contribution is -0.119. The summed E-state index contributed by atoms with van der Waals surface area (Å²) in [5.74, 6) is -0.0692. The van der Waals surface area contributed by atoms with Crippen molar-refractivity contribution >= 4 is 17.4 Å². The standard InChI is InChI=1S/C10H12ClF3N2O2/c11-8-3-7(5-18)4-15-9(8)16(1-2-17)6-10(12,13)14/h3-4,17-18H,1-2,5-6H2. The Hall–Kier alpha value is -1.05. The van der Waals surface area contributed by atoms with E-state index in [1.54, 1.807) is 0 Å². The number of hydrogen-bond donors (Lipinski definition) is 2. The molecule has 0 aliphatic heterocycles. The molecule has 0 radical (unpaired) electrons. The third-order valence-corrected chi connectivity index (χ3v) is 2.38. The van der Waals surface area contributed by atoms with Crippen LogP contribution in [0.5, 0.6) is 0 Å². The highest BCUT2D eigenvalue weighted by molar-refractivity contribution is 6.33. The molecule has 1 rings (SSSR count). The number of alkyl halides is 3. The van der Waals surface area contributed by atoms with Crippen molar-refractivity contribution in [3.05, 3.63) is 22.8 Å². The highest BCUT2D eigenvalue weighted by atomic mass is 35.5. The number of aliphatic hydroxyl groups is 2. The van der Waals surface area contributed by atoms with Crippen LogP contribution in [0.25, 0.3) is 0 Å². The Morgan fingerprint density at radius 1 is 1.33 bits per heavy atom. The van der Waals surface area contributed by atoms with Crippen LogP contribution in [0.1, 0.15) is 5.56 Å². The molecule has 1 aromatic rings. The van der Waals surface area contributed by atoms with E-state index in [-0.39, 0.29) is 24.0 Å². The smallest absolute Gasteiger partial charge is 0.395 e. The van der Waals surface area contributed by atoms with Crippen molar-refractivity contribution in [3.63, 3.8) is 0 Å². The minimum Gasteiger partial charge on any atom is -0.395 e. The van der Waals surface area contributed by atoms with Crippen molar-refractivity contribution in [2.24, 2.45) is 0 Å². The summed E-state index contributed by atoms with van der Waals surface area (Å²) in [5.41, 5.74) is 0.403. The molecule has 0 aliphatic rings. The molecule has 0 aromatic carbocycles. The number of pyridine rings is 1. The number of nitrogens with zero attached hydrogens (tertiary/aromatic N) is 2. The monoisotopic (exact) mass is 284 g/mol. The van der Waals surface area contributed by atoms with Crippen molar-refractivity contribution in [3.8, 4) is 0 Å². The van der Waals surface area contributed by atoms with Gasteiger partial charge in [0.2, 0.25) is 0 Å². The fourth-order valence-corrected chi connectivity index (χ4v) is 1.69. The Labute approximate surface area is 107 Å². The molecule has 0 saturated heterocycles. The van der Waals surface area contributed by atoms with Gasteiger partial charge in [-0.15, -0.1) is 0 Å². The molecule has 0 unspecified atom stereocenters. The van der Waals surface area contributed by atoms with E-state index in [9.17, 15) is 13.2 Å². The number of halogens is 4. The van der Waals surface area contributed by atoms with Gasteiger partial charge in [0.25, 0.3) is 0 Å². The highest BCUT2D eigenvalue weighted by Gasteiger charge is 2.31. The fraction of sp³-hybridized carbons (Fsp3) is 0.500. The van der Waals surface area contributed by atoms with Crippen molar-refractivity contribution in [2.45, 2.75) is 12.8 Å². The summed E-state index contributed by atoms with van der Waals surface area (Å²) < 4.78 is 37.1. The first-order chi connectivity index (χ1) is 8.37. The van der Waals surface area contributed by atoms with E-state index < -0.39 is 19.3 Å². The van der Waals surface area contributed by atoms with Gasteiger partial charge in [0, 0.05) is 12.7 Å². The minimum absolute atomic E-state index is 0.000694. The molecular weight excluding hydrogens is 273 g/mol. The zero-order valence-electron chi connectivity index (χ0n) is 9.28. The molecule has 102 valence electrons. The molecule has 4 nitrogen and oxygen atoms in total. The van der Waals surface area contributed by atoms with Crippen LogP contribution in [-0.4, -0.2) is 41.1 Å². The summed E-state index contributed by atoms with van der Waals surface area (Å²) >= 11 is 5.80. The van der Waals surface area contributed by atoms with Gasteiger partial charge in [-0.05, 0) is 11.6 Å². The van der Waals surface area contributed by atoms with Crippen LogP contribution >= 0.6 is 11.6 Å². The predicted molar refractivity (Wildman–Crippen MR) is 60.5 cm³/mol. The van der Waals surface area contributed by atoms with Crippen LogP contribution in [0.15, 0.2) is 12.3 Å². The van der Waals surface area contributed by atoms with E-state index >= 15 is 0 Å². The molecule has 0 spiro atoms. The lowest BCUT2D eigenvalue weighted by Gasteiger charge is -2.25. The Bertz CT molecular complexity index is 401. The Morgan fingerprint density at radius 3 is 2.44 bits per heavy atom. The van der Waals surface area contributed by atoms with Crippen LogP contribution < -0.4 is 4.90 Å².